The lowest BCUT2D eigenvalue weighted by Gasteiger charge is -2.18. The Morgan fingerprint density at radius 1 is 1.29 bits per heavy atom. The Kier molecular flexibility index (Phi) is 3.08. The van der Waals surface area contributed by atoms with Gasteiger partial charge in [-0.3, -0.25) is 4.79 Å². The van der Waals surface area contributed by atoms with E-state index in [9.17, 15) is 9.18 Å². The minimum absolute atomic E-state index is 0.138. The molecule has 0 N–H and O–H groups in total. The molecule has 0 saturated heterocycles. The number of hydrogen-bond acceptors (Lipinski definition) is 1. The highest BCUT2D eigenvalue weighted by Gasteiger charge is 2.11. The van der Waals surface area contributed by atoms with E-state index in [1.54, 1.807) is 12.1 Å². The molecule has 1 heterocycles. The summed E-state index contributed by atoms with van der Waals surface area (Å²) < 4.78 is 15.9. The van der Waals surface area contributed by atoms with Gasteiger partial charge in [0.2, 0.25) is 0 Å². The van der Waals surface area contributed by atoms with Crippen LogP contribution < -0.4 is 5.43 Å². The molecule has 17 heavy (non-hydrogen) atoms. The fourth-order valence-corrected chi connectivity index (χ4v) is 2.48. The first-order chi connectivity index (χ1) is 7.91. The normalized spacial score (nSPS) is 11.4. The molecular weight excluding hydrogens is 285 g/mol. The fraction of sp³-hybridized carbons (Fsp3) is 0.308. The third-order valence-corrected chi connectivity index (χ3v) is 3.41. The molecule has 2 aromatic rings. The van der Waals surface area contributed by atoms with Crippen LogP contribution >= 0.6 is 15.9 Å². The van der Waals surface area contributed by atoms with E-state index >= 15 is 0 Å². The molecule has 0 spiro atoms. The summed E-state index contributed by atoms with van der Waals surface area (Å²) in [5.41, 5.74) is 1.51. The monoisotopic (exact) mass is 297 g/mol. The van der Waals surface area contributed by atoms with Gasteiger partial charge in [-0.1, -0.05) is 0 Å². The molecule has 0 radical (unpaired) electrons. The number of hydrogen-bond donors (Lipinski definition) is 0. The summed E-state index contributed by atoms with van der Waals surface area (Å²) in [5.74, 6) is -0.409. The SMILES string of the molecule is Cc1cc(=O)c2cc(F)c(Br)cc2n1C(C)C. The zero-order valence-corrected chi connectivity index (χ0v) is 11.5. The molecule has 1 aromatic heterocycles. The number of pyridine rings is 1. The van der Waals surface area contributed by atoms with Gasteiger partial charge in [-0.25, -0.2) is 4.39 Å². The van der Waals surface area contributed by atoms with E-state index in [1.165, 1.54) is 6.07 Å². The van der Waals surface area contributed by atoms with Crippen molar-refractivity contribution in [1.29, 1.82) is 0 Å². The largest absolute Gasteiger partial charge is 0.342 e. The first kappa shape index (κ1) is 12.3. The molecule has 1 aromatic carbocycles. The molecule has 0 unspecified atom stereocenters. The van der Waals surface area contributed by atoms with Gasteiger partial charge in [0.15, 0.2) is 5.43 Å². The van der Waals surface area contributed by atoms with Crippen LogP contribution in [-0.4, -0.2) is 4.57 Å². The van der Waals surface area contributed by atoms with Gasteiger partial charge in [0, 0.05) is 23.2 Å². The average Bonchev–Trinajstić information content (AvgIpc) is 2.20. The standard InChI is InChI=1S/C13H13BrFNO/c1-7(2)16-8(3)4-13(17)9-5-11(15)10(14)6-12(9)16/h4-7H,1-3H3. The molecule has 0 atom stereocenters. The average molecular weight is 298 g/mol. The molecule has 0 fully saturated rings. The Morgan fingerprint density at radius 3 is 2.53 bits per heavy atom. The molecule has 90 valence electrons. The fourth-order valence-electron chi connectivity index (χ4n) is 2.15. The number of halogens is 2. The number of rotatable bonds is 1. The molecule has 0 bridgehead atoms. The predicted molar refractivity (Wildman–Crippen MR) is 71.0 cm³/mol. The number of nitrogens with zero attached hydrogens (tertiary/aromatic N) is 1. The Hall–Kier alpha value is -1.16. The Balaban J connectivity index is 3.00. The number of aryl methyl sites for hydroxylation is 1. The molecule has 2 rings (SSSR count). The van der Waals surface area contributed by atoms with E-state index in [0.717, 1.165) is 11.2 Å². The molecule has 0 aliphatic rings. The van der Waals surface area contributed by atoms with Gasteiger partial charge in [0.25, 0.3) is 0 Å². The third-order valence-electron chi connectivity index (χ3n) is 2.80. The van der Waals surface area contributed by atoms with Gasteiger partial charge in [0.1, 0.15) is 5.82 Å². The van der Waals surface area contributed by atoms with E-state index in [-0.39, 0.29) is 11.5 Å². The summed E-state index contributed by atoms with van der Waals surface area (Å²) >= 11 is 3.16. The van der Waals surface area contributed by atoms with Crippen LogP contribution in [0.25, 0.3) is 10.9 Å². The van der Waals surface area contributed by atoms with Gasteiger partial charge in [-0.15, -0.1) is 0 Å². The molecule has 4 heteroatoms. The number of benzene rings is 1. The van der Waals surface area contributed by atoms with E-state index in [1.807, 2.05) is 25.3 Å². The van der Waals surface area contributed by atoms with Gasteiger partial charge >= 0.3 is 0 Å². The van der Waals surface area contributed by atoms with Gasteiger partial charge in [0.05, 0.1) is 9.99 Å². The second-order valence-electron chi connectivity index (χ2n) is 4.40. The lowest BCUT2D eigenvalue weighted by molar-refractivity contribution is 0.598. The first-order valence-electron chi connectivity index (χ1n) is 5.42. The molecule has 2 nitrogen and oxygen atoms in total. The topological polar surface area (TPSA) is 22.0 Å². The minimum atomic E-state index is -0.409. The summed E-state index contributed by atoms with van der Waals surface area (Å²) in [4.78, 5) is 11.8. The van der Waals surface area contributed by atoms with Crippen molar-refractivity contribution in [2.24, 2.45) is 0 Å². The van der Waals surface area contributed by atoms with Crippen molar-refractivity contribution in [3.05, 3.63) is 44.4 Å². The lowest BCUT2D eigenvalue weighted by atomic mass is 10.1. The second kappa shape index (κ2) is 4.26. The maximum Gasteiger partial charge on any atom is 0.189 e. The lowest BCUT2D eigenvalue weighted by Crippen LogP contribution is -2.14. The summed E-state index contributed by atoms with van der Waals surface area (Å²) in [6.07, 6.45) is 0. The van der Waals surface area contributed by atoms with Crippen molar-refractivity contribution in [3.8, 4) is 0 Å². The maximum absolute atomic E-state index is 13.5. The quantitative estimate of drug-likeness (QED) is 0.785. The zero-order valence-electron chi connectivity index (χ0n) is 9.92. The third kappa shape index (κ3) is 2.02. The Morgan fingerprint density at radius 2 is 1.94 bits per heavy atom. The minimum Gasteiger partial charge on any atom is -0.342 e. The summed E-state index contributed by atoms with van der Waals surface area (Å²) in [5, 5.41) is 0.421. The van der Waals surface area contributed by atoms with Crippen LogP contribution in [0.1, 0.15) is 25.6 Å². The highest BCUT2D eigenvalue weighted by Crippen LogP contribution is 2.24. The molecular formula is C13H13BrFNO. The van der Waals surface area contributed by atoms with E-state index < -0.39 is 5.82 Å². The summed E-state index contributed by atoms with van der Waals surface area (Å²) in [6, 6.07) is 4.73. The summed E-state index contributed by atoms with van der Waals surface area (Å²) in [6.45, 7) is 5.96. The maximum atomic E-state index is 13.5. The van der Waals surface area contributed by atoms with Crippen LogP contribution in [0.4, 0.5) is 4.39 Å². The van der Waals surface area contributed by atoms with Crippen LogP contribution in [0, 0.1) is 12.7 Å². The van der Waals surface area contributed by atoms with Gasteiger partial charge in [-0.2, -0.15) is 0 Å². The van der Waals surface area contributed by atoms with Crippen molar-refractivity contribution in [3.63, 3.8) is 0 Å². The van der Waals surface area contributed by atoms with Crippen LogP contribution in [0.15, 0.2) is 27.5 Å². The van der Waals surface area contributed by atoms with Crippen molar-refractivity contribution in [2.45, 2.75) is 26.8 Å². The molecule has 0 aliphatic heterocycles. The van der Waals surface area contributed by atoms with Crippen LogP contribution in [-0.2, 0) is 0 Å². The summed E-state index contributed by atoms with van der Waals surface area (Å²) in [7, 11) is 0. The van der Waals surface area contributed by atoms with Crippen molar-refractivity contribution in [1.82, 2.24) is 4.57 Å². The predicted octanol–water partition coefficient (Wildman–Crippen LogP) is 3.79. The molecule has 0 amide bonds. The van der Waals surface area contributed by atoms with Crippen LogP contribution in [0.2, 0.25) is 0 Å². The van der Waals surface area contributed by atoms with E-state index in [4.69, 9.17) is 0 Å². The molecule has 0 saturated carbocycles. The van der Waals surface area contributed by atoms with Crippen LogP contribution in [0.3, 0.4) is 0 Å². The molecule has 0 aliphatic carbocycles. The second-order valence-corrected chi connectivity index (χ2v) is 5.25. The first-order valence-corrected chi connectivity index (χ1v) is 6.22. The van der Waals surface area contributed by atoms with Crippen molar-refractivity contribution >= 4 is 26.8 Å². The van der Waals surface area contributed by atoms with Crippen molar-refractivity contribution < 1.29 is 4.39 Å². The number of fused-ring (bicyclic) bond motifs is 1. The van der Waals surface area contributed by atoms with E-state index in [0.29, 0.717) is 9.86 Å². The highest BCUT2D eigenvalue weighted by atomic mass is 79.9. The number of aromatic nitrogens is 1. The van der Waals surface area contributed by atoms with Crippen LogP contribution in [0.5, 0.6) is 0 Å². The van der Waals surface area contributed by atoms with Gasteiger partial charge < -0.3 is 4.57 Å². The Labute approximate surface area is 107 Å². The Bertz CT molecular complexity index is 646. The van der Waals surface area contributed by atoms with E-state index in [2.05, 4.69) is 15.9 Å². The highest BCUT2D eigenvalue weighted by molar-refractivity contribution is 9.10. The zero-order chi connectivity index (χ0) is 12.7. The smallest absolute Gasteiger partial charge is 0.189 e. The van der Waals surface area contributed by atoms with Gasteiger partial charge in [-0.05, 0) is 48.8 Å². The van der Waals surface area contributed by atoms with Crippen molar-refractivity contribution in [2.75, 3.05) is 0 Å².